The number of halogens is 1. The predicted octanol–water partition coefficient (Wildman–Crippen LogP) is 3.97. The van der Waals surface area contributed by atoms with E-state index in [0.717, 1.165) is 61.1 Å². The quantitative estimate of drug-likeness (QED) is 0.452. The summed E-state index contributed by atoms with van der Waals surface area (Å²) >= 11 is 0. The number of ether oxygens (including phenoxy) is 1. The van der Waals surface area contributed by atoms with Crippen LogP contribution in [0.5, 0.6) is 0 Å². The van der Waals surface area contributed by atoms with Gasteiger partial charge in [0, 0.05) is 25.2 Å². The number of hydrogen-bond acceptors (Lipinski definition) is 4. The fraction of sp³-hybridized carbons (Fsp3) is 0.280. The van der Waals surface area contributed by atoms with Gasteiger partial charge in [-0.25, -0.2) is 9.37 Å². The summed E-state index contributed by atoms with van der Waals surface area (Å²) in [6, 6.07) is 16.5. The maximum atomic E-state index is 14.9. The molecule has 3 aromatic carbocycles. The molecule has 0 spiro atoms. The number of rotatable bonds is 6. The van der Waals surface area contributed by atoms with Gasteiger partial charge in [0.15, 0.2) is 0 Å². The number of nitrogens with one attached hydrogen (secondary N) is 2. The van der Waals surface area contributed by atoms with E-state index in [0.29, 0.717) is 23.5 Å². The maximum Gasteiger partial charge on any atom is 0.251 e. The molecule has 1 amide bonds. The predicted molar refractivity (Wildman–Crippen MR) is 123 cm³/mol. The zero-order valence-electron chi connectivity index (χ0n) is 17.7. The van der Waals surface area contributed by atoms with Crippen molar-refractivity contribution in [3.05, 3.63) is 66.0 Å². The maximum absolute atomic E-state index is 14.9. The van der Waals surface area contributed by atoms with Gasteiger partial charge in [-0.2, -0.15) is 0 Å². The molecule has 0 bridgehead atoms. The van der Waals surface area contributed by atoms with Crippen LogP contribution in [0.2, 0.25) is 0 Å². The molecule has 0 saturated carbocycles. The molecule has 6 nitrogen and oxygen atoms in total. The first kappa shape index (κ1) is 20.6. The lowest BCUT2D eigenvalue weighted by Crippen LogP contribution is -2.38. The summed E-state index contributed by atoms with van der Waals surface area (Å²) in [5, 5.41) is 5.05. The van der Waals surface area contributed by atoms with E-state index in [4.69, 9.17) is 4.74 Å². The van der Waals surface area contributed by atoms with E-state index < -0.39 is 5.82 Å². The van der Waals surface area contributed by atoms with Crippen LogP contribution in [0.25, 0.3) is 33.2 Å². The Bertz CT molecular complexity index is 1210. The number of imidazole rings is 1. The minimum Gasteiger partial charge on any atom is -0.379 e. The number of aromatic amines is 1. The standard InChI is InChI=1S/C25H25FN4O2/c26-21-14-19(25(31)27-8-3-9-30-10-12-32-13-11-30)6-7-20(21)24-28-22-15-17-4-1-2-5-18(17)16-23(22)29-24/h1-2,4-7,14-16H,3,8-13H2,(H,27,31)(H,28,29). The molecule has 1 saturated heterocycles. The van der Waals surface area contributed by atoms with Crippen LogP contribution >= 0.6 is 0 Å². The SMILES string of the molecule is O=C(NCCCN1CCOCC1)c1ccc(-c2nc3cc4ccccc4cc3[nH]2)c(F)c1. The molecule has 32 heavy (non-hydrogen) atoms. The van der Waals surface area contributed by atoms with Crippen molar-refractivity contribution in [3.63, 3.8) is 0 Å². The van der Waals surface area contributed by atoms with Crippen LogP contribution in [0.4, 0.5) is 4.39 Å². The molecule has 2 heterocycles. The third-order valence-corrected chi connectivity index (χ3v) is 5.88. The number of amides is 1. The van der Waals surface area contributed by atoms with Gasteiger partial charge in [0.25, 0.3) is 5.91 Å². The third kappa shape index (κ3) is 4.35. The summed E-state index contributed by atoms with van der Waals surface area (Å²) in [5.74, 6) is -0.298. The number of aromatic nitrogens is 2. The number of carbonyl (C=O) groups excluding carboxylic acids is 1. The zero-order valence-corrected chi connectivity index (χ0v) is 17.7. The van der Waals surface area contributed by atoms with Gasteiger partial charge >= 0.3 is 0 Å². The molecular formula is C25H25FN4O2. The molecule has 1 aromatic heterocycles. The van der Waals surface area contributed by atoms with Crippen LogP contribution in [0, 0.1) is 5.82 Å². The van der Waals surface area contributed by atoms with Crippen LogP contribution in [-0.4, -0.2) is 60.2 Å². The van der Waals surface area contributed by atoms with Crippen molar-refractivity contribution < 1.29 is 13.9 Å². The average Bonchev–Trinajstić information content (AvgIpc) is 3.23. The Morgan fingerprint density at radius 2 is 1.88 bits per heavy atom. The number of morpholine rings is 1. The highest BCUT2D eigenvalue weighted by molar-refractivity contribution is 5.97. The Hall–Kier alpha value is -3.29. The number of nitrogens with zero attached hydrogens (tertiary/aromatic N) is 2. The Kier molecular flexibility index (Phi) is 5.83. The first-order valence-electron chi connectivity index (χ1n) is 10.9. The van der Waals surface area contributed by atoms with Crippen molar-refractivity contribution in [2.45, 2.75) is 6.42 Å². The van der Waals surface area contributed by atoms with Gasteiger partial charge in [0.2, 0.25) is 0 Å². The lowest BCUT2D eigenvalue weighted by atomic mass is 10.1. The first-order valence-corrected chi connectivity index (χ1v) is 10.9. The second-order valence-electron chi connectivity index (χ2n) is 8.06. The Labute approximate surface area is 185 Å². The molecule has 2 N–H and O–H groups in total. The molecule has 0 atom stereocenters. The molecule has 0 aliphatic carbocycles. The highest BCUT2D eigenvalue weighted by atomic mass is 19.1. The summed E-state index contributed by atoms with van der Waals surface area (Å²) in [5.41, 5.74) is 2.27. The lowest BCUT2D eigenvalue weighted by molar-refractivity contribution is 0.0374. The van der Waals surface area contributed by atoms with Gasteiger partial charge in [-0.1, -0.05) is 24.3 Å². The normalized spacial score (nSPS) is 14.8. The molecular weight excluding hydrogens is 407 g/mol. The molecule has 0 unspecified atom stereocenters. The van der Waals surface area contributed by atoms with Crippen LogP contribution in [0.15, 0.2) is 54.6 Å². The molecule has 7 heteroatoms. The van der Waals surface area contributed by atoms with Crippen molar-refractivity contribution in [3.8, 4) is 11.4 Å². The van der Waals surface area contributed by atoms with E-state index in [9.17, 15) is 9.18 Å². The smallest absolute Gasteiger partial charge is 0.251 e. The van der Waals surface area contributed by atoms with E-state index in [-0.39, 0.29) is 5.91 Å². The summed E-state index contributed by atoms with van der Waals surface area (Å²) < 4.78 is 20.2. The number of fused-ring (bicyclic) bond motifs is 2. The van der Waals surface area contributed by atoms with Gasteiger partial charge in [-0.15, -0.1) is 0 Å². The number of H-pyrrole nitrogens is 1. The van der Waals surface area contributed by atoms with Gasteiger partial charge in [-0.3, -0.25) is 9.69 Å². The fourth-order valence-electron chi connectivity index (χ4n) is 4.10. The Balaban J connectivity index is 1.26. The number of hydrogen-bond donors (Lipinski definition) is 2. The fourth-order valence-corrected chi connectivity index (χ4v) is 4.10. The molecule has 1 aliphatic rings. The van der Waals surface area contributed by atoms with E-state index in [1.807, 2.05) is 36.4 Å². The molecule has 4 aromatic rings. The molecule has 164 valence electrons. The Morgan fingerprint density at radius 1 is 1.09 bits per heavy atom. The molecule has 1 aliphatic heterocycles. The van der Waals surface area contributed by atoms with Crippen LogP contribution in [0.3, 0.4) is 0 Å². The van der Waals surface area contributed by atoms with Crippen molar-refractivity contribution in [1.29, 1.82) is 0 Å². The average molecular weight is 432 g/mol. The zero-order chi connectivity index (χ0) is 21.9. The van der Waals surface area contributed by atoms with E-state index in [2.05, 4.69) is 20.2 Å². The third-order valence-electron chi connectivity index (χ3n) is 5.88. The summed E-state index contributed by atoms with van der Waals surface area (Å²) in [6.07, 6.45) is 0.847. The van der Waals surface area contributed by atoms with Crippen LogP contribution in [0.1, 0.15) is 16.8 Å². The van der Waals surface area contributed by atoms with Crippen LogP contribution in [-0.2, 0) is 4.74 Å². The number of carbonyl (C=O) groups is 1. The largest absolute Gasteiger partial charge is 0.379 e. The summed E-state index contributed by atoms with van der Waals surface area (Å²) in [6.45, 7) is 4.85. The van der Waals surface area contributed by atoms with Gasteiger partial charge in [-0.05, 0) is 54.1 Å². The second kappa shape index (κ2) is 9.06. The molecule has 5 rings (SSSR count). The monoisotopic (exact) mass is 432 g/mol. The van der Waals surface area contributed by atoms with Crippen molar-refractivity contribution in [1.82, 2.24) is 20.2 Å². The minimum atomic E-state index is -0.477. The second-order valence-corrected chi connectivity index (χ2v) is 8.06. The highest BCUT2D eigenvalue weighted by Gasteiger charge is 2.15. The van der Waals surface area contributed by atoms with Crippen LogP contribution < -0.4 is 5.32 Å². The van der Waals surface area contributed by atoms with Crippen molar-refractivity contribution in [2.75, 3.05) is 39.4 Å². The minimum absolute atomic E-state index is 0.270. The Morgan fingerprint density at radius 3 is 2.66 bits per heavy atom. The van der Waals surface area contributed by atoms with Gasteiger partial charge < -0.3 is 15.0 Å². The summed E-state index contributed by atoms with van der Waals surface area (Å²) in [7, 11) is 0. The summed E-state index contributed by atoms with van der Waals surface area (Å²) in [4.78, 5) is 22.5. The van der Waals surface area contributed by atoms with E-state index in [1.54, 1.807) is 12.1 Å². The topological polar surface area (TPSA) is 70.2 Å². The van der Waals surface area contributed by atoms with Gasteiger partial charge in [0.1, 0.15) is 11.6 Å². The van der Waals surface area contributed by atoms with Crippen molar-refractivity contribution >= 4 is 27.7 Å². The van der Waals surface area contributed by atoms with Crippen molar-refractivity contribution in [2.24, 2.45) is 0 Å². The number of benzene rings is 3. The molecule has 1 fully saturated rings. The van der Waals surface area contributed by atoms with E-state index >= 15 is 0 Å². The van der Waals surface area contributed by atoms with Gasteiger partial charge in [0.05, 0.1) is 29.8 Å². The highest BCUT2D eigenvalue weighted by Crippen LogP contribution is 2.27. The lowest BCUT2D eigenvalue weighted by Gasteiger charge is -2.26. The first-order chi connectivity index (χ1) is 15.7. The van der Waals surface area contributed by atoms with E-state index in [1.165, 1.54) is 6.07 Å². The molecule has 0 radical (unpaired) electrons.